The van der Waals surface area contributed by atoms with Gasteiger partial charge in [0.15, 0.2) is 0 Å². The fourth-order valence-electron chi connectivity index (χ4n) is 2.73. The van der Waals surface area contributed by atoms with E-state index < -0.39 is 0 Å². The van der Waals surface area contributed by atoms with Gasteiger partial charge in [0.1, 0.15) is 0 Å². The summed E-state index contributed by atoms with van der Waals surface area (Å²) in [5, 5.41) is 3.39. The van der Waals surface area contributed by atoms with Gasteiger partial charge in [-0.15, -0.1) is 12.4 Å². The molecule has 0 saturated carbocycles. The largest absolute Gasteiger partial charge is 0.307 e. The standard InChI is InChI=1S/C12H16N2.ClH/c1-8-9-4-2-3-5-11(9)14-12-7-13-6-10(8)12;/h13H,2-7H2,1H3;1H. The van der Waals surface area contributed by atoms with Crippen molar-refractivity contribution < 1.29 is 0 Å². The highest BCUT2D eigenvalue weighted by Gasteiger charge is 2.21. The van der Waals surface area contributed by atoms with Gasteiger partial charge in [-0.1, -0.05) is 0 Å². The van der Waals surface area contributed by atoms with E-state index in [1.54, 1.807) is 5.56 Å². The van der Waals surface area contributed by atoms with Crippen molar-refractivity contribution in [3.63, 3.8) is 0 Å². The summed E-state index contributed by atoms with van der Waals surface area (Å²) in [7, 11) is 0. The zero-order chi connectivity index (χ0) is 9.54. The number of halogens is 1. The molecule has 0 aromatic carbocycles. The van der Waals surface area contributed by atoms with Crippen molar-refractivity contribution in [3.05, 3.63) is 28.1 Å². The van der Waals surface area contributed by atoms with Gasteiger partial charge in [-0.3, -0.25) is 4.98 Å². The second-order valence-corrected chi connectivity index (χ2v) is 4.40. The van der Waals surface area contributed by atoms with Crippen LogP contribution in [0.25, 0.3) is 0 Å². The number of nitrogens with zero attached hydrogens (tertiary/aromatic N) is 1. The Hall–Kier alpha value is -0.600. The van der Waals surface area contributed by atoms with Gasteiger partial charge in [0.05, 0.1) is 5.69 Å². The summed E-state index contributed by atoms with van der Waals surface area (Å²) in [5.41, 5.74) is 7.25. The van der Waals surface area contributed by atoms with Crippen molar-refractivity contribution >= 4 is 12.4 Å². The van der Waals surface area contributed by atoms with Crippen LogP contribution < -0.4 is 5.32 Å². The van der Waals surface area contributed by atoms with Gasteiger partial charge in [0.2, 0.25) is 0 Å². The molecule has 15 heavy (non-hydrogen) atoms. The van der Waals surface area contributed by atoms with Crippen LogP contribution in [-0.4, -0.2) is 4.98 Å². The van der Waals surface area contributed by atoms with Gasteiger partial charge in [0, 0.05) is 18.8 Å². The number of fused-ring (bicyclic) bond motifs is 2. The van der Waals surface area contributed by atoms with E-state index in [-0.39, 0.29) is 12.4 Å². The molecule has 2 heterocycles. The van der Waals surface area contributed by atoms with E-state index in [1.807, 2.05) is 0 Å². The van der Waals surface area contributed by atoms with Crippen LogP contribution in [0.1, 0.15) is 40.9 Å². The molecule has 1 aromatic heterocycles. The molecule has 0 fully saturated rings. The van der Waals surface area contributed by atoms with Crippen LogP contribution >= 0.6 is 12.4 Å². The number of rotatable bonds is 0. The van der Waals surface area contributed by atoms with Crippen LogP contribution in [0, 0.1) is 6.92 Å². The zero-order valence-electron chi connectivity index (χ0n) is 9.10. The van der Waals surface area contributed by atoms with E-state index in [2.05, 4.69) is 12.2 Å². The summed E-state index contributed by atoms with van der Waals surface area (Å²) in [6.45, 7) is 4.28. The molecule has 0 amide bonds. The van der Waals surface area contributed by atoms with Crippen molar-refractivity contribution in [3.8, 4) is 0 Å². The molecule has 0 spiro atoms. The Morgan fingerprint density at radius 2 is 1.80 bits per heavy atom. The lowest BCUT2D eigenvalue weighted by atomic mass is 9.90. The summed E-state index contributed by atoms with van der Waals surface area (Å²) in [4.78, 5) is 4.79. The van der Waals surface area contributed by atoms with Gasteiger partial charge in [-0.25, -0.2) is 0 Å². The molecule has 0 unspecified atom stereocenters. The minimum Gasteiger partial charge on any atom is -0.307 e. The maximum atomic E-state index is 4.79. The van der Waals surface area contributed by atoms with Crippen LogP contribution in [0.4, 0.5) is 0 Å². The van der Waals surface area contributed by atoms with Crippen LogP contribution in [0.5, 0.6) is 0 Å². The number of nitrogens with one attached hydrogen (secondary N) is 1. The molecule has 3 heteroatoms. The van der Waals surface area contributed by atoms with E-state index in [1.165, 1.54) is 48.2 Å². The fraction of sp³-hybridized carbons (Fsp3) is 0.583. The summed E-state index contributed by atoms with van der Waals surface area (Å²) in [6.07, 6.45) is 5.12. The molecule has 0 radical (unpaired) electrons. The second kappa shape index (κ2) is 4.11. The van der Waals surface area contributed by atoms with Gasteiger partial charge in [-0.2, -0.15) is 0 Å². The summed E-state index contributed by atoms with van der Waals surface area (Å²) >= 11 is 0. The minimum absolute atomic E-state index is 0. The first kappa shape index (κ1) is 10.9. The molecule has 82 valence electrons. The molecule has 0 bridgehead atoms. The molecule has 1 N–H and O–H groups in total. The lowest BCUT2D eigenvalue weighted by Gasteiger charge is -2.19. The highest BCUT2D eigenvalue weighted by molar-refractivity contribution is 5.85. The lowest BCUT2D eigenvalue weighted by Crippen LogP contribution is -2.10. The maximum Gasteiger partial charge on any atom is 0.0592 e. The van der Waals surface area contributed by atoms with E-state index in [9.17, 15) is 0 Å². The molecular weight excluding hydrogens is 208 g/mol. The highest BCUT2D eigenvalue weighted by atomic mass is 35.5. The average Bonchev–Trinajstić information content (AvgIpc) is 2.66. The molecule has 1 aliphatic heterocycles. The Bertz CT molecular complexity index is 388. The van der Waals surface area contributed by atoms with Crippen molar-refractivity contribution in [2.75, 3.05) is 0 Å². The Morgan fingerprint density at radius 3 is 2.67 bits per heavy atom. The summed E-state index contributed by atoms with van der Waals surface area (Å²) in [5.74, 6) is 0. The third kappa shape index (κ3) is 1.66. The SMILES string of the molecule is Cc1c2c(nc3c1CNC3)CCCC2.Cl. The second-order valence-electron chi connectivity index (χ2n) is 4.40. The van der Waals surface area contributed by atoms with E-state index in [4.69, 9.17) is 4.98 Å². The monoisotopic (exact) mass is 224 g/mol. The van der Waals surface area contributed by atoms with Crippen LogP contribution in [0.15, 0.2) is 0 Å². The molecule has 0 atom stereocenters. The molecule has 1 aromatic rings. The average molecular weight is 225 g/mol. The van der Waals surface area contributed by atoms with Crippen LogP contribution in [-0.2, 0) is 25.9 Å². The van der Waals surface area contributed by atoms with Gasteiger partial charge >= 0.3 is 0 Å². The Morgan fingerprint density at radius 1 is 1.00 bits per heavy atom. The van der Waals surface area contributed by atoms with E-state index >= 15 is 0 Å². The first-order valence-corrected chi connectivity index (χ1v) is 5.57. The Kier molecular flexibility index (Phi) is 2.98. The van der Waals surface area contributed by atoms with Crippen molar-refractivity contribution in [1.29, 1.82) is 0 Å². The number of aryl methyl sites for hydroxylation is 1. The molecule has 2 aliphatic rings. The van der Waals surface area contributed by atoms with Crippen molar-refractivity contribution in [2.45, 2.75) is 45.7 Å². The van der Waals surface area contributed by atoms with Gasteiger partial charge < -0.3 is 5.32 Å². The first-order valence-electron chi connectivity index (χ1n) is 5.57. The van der Waals surface area contributed by atoms with Gasteiger partial charge in [-0.05, 0) is 49.3 Å². The van der Waals surface area contributed by atoms with Crippen molar-refractivity contribution in [1.82, 2.24) is 10.3 Å². The third-order valence-corrected chi connectivity index (χ3v) is 3.56. The summed E-state index contributed by atoms with van der Waals surface area (Å²) < 4.78 is 0. The number of hydrogen-bond donors (Lipinski definition) is 1. The maximum absolute atomic E-state index is 4.79. The van der Waals surface area contributed by atoms with Crippen molar-refractivity contribution in [2.24, 2.45) is 0 Å². The topological polar surface area (TPSA) is 24.9 Å². The smallest absolute Gasteiger partial charge is 0.0592 e. The predicted molar refractivity (Wildman–Crippen MR) is 63.4 cm³/mol. The number of pyridine rings is 1. The van der Waals surface area contributed by atoms with E-state index in [0.29, 0.717) is 0 Å². The highest BCUT2D eigenvalue weighted by Crippen LogP contribution is 2.28. The number of hydrogen-bond acceptors (Lipinski definition) is 2. The fourth-order valence-corrected chi connectivity index (χ4v) is 2.73. The lowest BCUT2D eigenvalue weighted by molar-refractivity contribution is 0.659. The molecule has 2 nitrogen and oxygen atoms in total. The van der Waals surface area contributed by atoms with E-state index in [0.717, 1.165) is 13.1 Å². The minimum atomic E-state index is 0. The predicted octanol–water partition coefficient (Wildman–Crippen LogP) is 2.29. The third-order valence-electron chi connectivity index (χ3n) is 3.56. The van der Waals surface area contributed by atoms with Gasteiger partial charge in [0.25, 0.3) is 0 Å². The molecule has 1 aliphatic carbocycles. The normalized spacial score (nSPS) is 17.9. The first-order chi connectivity index (χ1) is 6.86. The Balaban J connectivity index is 0.000000853. The van der Waals surface area contributed by atoms with Crippen LogP contribution in [0.2, 0.25) is 0 Å². The Labute approximate surface area is 96.9 Å². The molecule has 3 rings (SSSR count). The number of aromatic nitrogens is 1. The zero-order valence-corrected chi connectivity index (χ0v) is 9.91. The molecule has 0 saturated heterocycles. The van der Waals surface area contributed by atoms with Crippen LogP contribution in [0.3, 0.4) is 0 Å². The summed E-state index contributed by atoms with van der Waals surface area (Å²) in [6, 6.07) is 0. The quantitative estimate of drug-likeness (QED) is 0.732. The molecular formula is C12H17ClN2.